The van der Waals surface area contributed by atoms with Crippen molar-refractivity contribution in [3.05, 3.63) is 66.0 Å². The van der Waals surface area contributed by atoms with Crippen molar-refractivity contribution in [3.8, 4) is 11.5 Å². The summed E-state index contributed by atoms with van der Waals surface area (Å²) in [5.74, 6) is 1.01. The highest BCUT2D eigenvalue weighted by Crippen LogP contribution is 2.24. The zero-order valence-electron chi connectivity index (χ0n) is 9.95. The Kier molecular flexibility index (Phi) is 2.98. The first-order valence-electron chi connectivity index (χ1n) is 5.79. The monoisotopic (exact) mass is 253 g/mol. The molecule has 0 aromatic heterocycles. The minimum absolute atomic E-state index is 0.280. The molecule has 1 heterocycles. The molecule has 0 saturated heterocycles. The maximum atomic E-state index is 12.8. The second kappa shape index (κ2) is 4.94. The lowest BCUT2D eigenvalue weighted by atomic mass is 10.1. The Morgan fingerprint density at radius 1 is 0.842 bits per heavy atom. The number of allylic oxidation sites excluding steroid dienone is 1. The highest BCUT2D eigenvalue weighted by atomic mass is 19.1. The molecule has 4 heteroatoms. The molecule has 0 atom stereocenters. The van der Waals surface area contributed by atoms with Crippen LogP contribution >= 0.6 is 0 Å². The average Bonchev–Trinajstić information content (AvgIpc) is 2.96. The van der Waals surface area contributed by atoms with Crippen molar-refractivity contribution in [2.45, 2.75) is 0 Å². The van der Waals surface area contributed by atoms with Gasteiger partial charge in [-0.2, -0.15) is 10.5 Å². The van der Waals surface area contributed by atoms with E-state index in [-0.39, 0.29) is 5.82 Å². The molecule has 0 unspecified atom stereocenters. The summed E-state index contributed by atoms with van der Waals surface area (Å²) in [5, 5.41) is 3.78. The van der Waals surface area contributed by atoms with Crippen molar-refractivity contribution < 1.29 is 9.13 Å². The summed E-state index contributed by atoms with van der Waals surface area (Å²) < 4.78 is 18.4. The van der Waals surface area contributed by atoms with Crippen LogP contribution in [0.15, 0.2) is 59.7 Å². The molecule has 2 aromatic rings. The maximum Gasteiger partial charge on any atom is 0.127 e. The number of rotatable bonds is 3. The van der Waals surface area contributed by atoms with Crippen molar-refractivity contribution in [3.63, 3.8) is 0 Å². The highest BCUT2D eigenvalue weighted by molar-refractivity contribution is 5.87. The molecular weight excluding hydrogens is 243 g/mol. The van der Waals surface area contributed by atoms with E-state index in [0.717, 1.165) is 11.3 Å². The lowest BCUT2D eigenvalue weighted by molar-refractivity contribution is 0.480. The Morgan fingerprint density at radius 3 is 2.05 bits per heavy atom. The highest BCUT2D eigenvalue weighted by Gasteiger charge is 2.05. The van der Waals surface area contributed by atoms with E-state index in [1.54, 1.807) is 18.3 Å². The first-order valence-corrected chi connectivity index (χ1v) is 5.79. The largest absolute Gasteiger partial charge is 0.457 e. The van der Waals surface area contributed by atoms with Crippen LogP contribution in [0.3, 0.4) is 0 Å². The van der Waals surface area contributed by atoms with Crippen LogP contribution < -0.4 is 10.2 Å². The molecule has 1 aliphatic heterocycles. The Labute approximate surface area is 110 Å². The minimum Gasteiger partial charge on any atom is -0.457 e. The van der Waals surface area contributed by atoms with E-state index >= 15 is 0 Å². The standard InChI is InChI=1S/C15H10FN2O/c16-12-3-7-14(8-4-12)19-13-5-1-11(2-6-13)15-9-10-17-18-15/h1-10H. The van der Waals surface area contributed by atoms with Crippen LogP contribution in [0, 0.1) is 5.82 Å². The van der Waals surface area contributed by atoms with Gasteiger partial charge < -0.3 is 4.74 Å². The van der Waals surface area contributed by atoms with Gasteiger partial charge in [-0.3, -0.25) is 0 Å². The first kappa shape index (κ1) is 11.5. The van der Waals surface area contributed by atoms with Crippen LogP contribution in [0.5, 0.6) is 11.5 Å². The van der Waals surface area contributed by atoms with Crippen molar-refractivity contribution in [1.29, 1.82) is 0 Å². The van der Waals surface area contributed by atoms with Gasteiger partial charge in [-0.25, -0.2) is 4.39 Å². The lowest BCUT2D eigenvalue weighted by Crippen LogP contribution is -1.91. The van der Waals surface area contributed by atoms with E-state index in [1.165, 1.54) is 12.1 Å². The third-order valence-electron chi connectivity index (χ3n) is 2.66. The van der Waals surface area contributed by atoms with Crippen LogP contribution in [-0.4, -0.2) is 6.21 Å². The number of hydrogen-bond donors (Lipinski definition) is 0. The van der Waals surface area contributed by atoms with Gasteiger partial charge in [0.1, 0.15) is 17.3 Å². The van der Waals surface area contributed by atoms with Gasteiger partial charge >= 0.3 is 0 Å². The van der Waals surface area contributed by atoms with Crippen molar-refractivity contribution in [1.82, 2.24) is 5.43 Å². The van der Waals surface area contributed by atoms with Crippen LogP contribution in [0.1, 0.15) is 5.56 Å². The van der Waals surface area contributed by atoms with Crippen LogP contribution in [0.4, 0.5) is 4.39 Å². The van der Waals surface area contributed by atoms with E-state index in [9.17, 15) is 4.39 Å². The van der Waals surface area contributed by atoms with E-state index in [1.807, 2.05) is 30.3 Å². The molecule has 0 fully saturated rings. The van der Waals surface area contributed by atoms with E-state index in [0.29, 0.717) is 11.5 Å². The predicted octanol–water partition coefficient (Wildman–Crippen LogP) is 3.56. The van der Waals surface area contributed by atoms with Gasteiger partial charge in [-0.15, -0.1) is 0 Å². The number of ether oxygens (including phenoxy) is 1. The fourth-order valence-electron chi connectivity index (χ4n) is 1.72. The molecule has 1 radical (unpaired) electrons. The zero-order valence-corrected chi connectivity index (χ0v) is 9.95. The van der Waals surface area contributed by atoms with Gasteiger partial charge in [0.05, 0.1) is 11.9 Å². The molecular formula is C15H10FN2O. The van der Waals surface area contributed by atoms with Gasteiger partial charge in [0, 0.05) is 5.56 Å². The second-order valence-corrected chi connectivity index (χ2v) is 4.00. The van der Waals surface area contributed by atoms with Gasteiger partial charge in [0.25, 0.3) is 0 Å². The molecule has 1 aliphatic rings. The summed E-state index contributed by atoms with van der Waals surface area (Å²) >= 11 is 0. The van der Waals surface area contributed by atoms with Gasteiger partial charge in [-0.05, 0) is 54.6 Å². The number of halogens is 1. The SMILES string of the molecule is Fc1ccc(Oc2ccc(C3=CC=N[N]3)cc2)cc1. The third kappa shape index (κ3) is 2.63. The molecule has 0 aliphatic carbocycles. The summed E-state index contributed by atoms with van der Waals surface area (Å²) in [6, 6.07) is 13.4. The van der Waals surface area contributed by atoms with Crippen LogP contribution in [-0.2, 0) is 0 Å². The normalized spacial score (nSPS) is 13.0. The number of nitrogens with zero attached hydrogens (tertiary/aromatic N) is 2. The molecule has 0 amide bonds. The summed E-state index contributed by atoms with van der Waals surface area (Å²) in [6.45, 7) is 0. The zero-order chi connectivity index (χ0) is 13.1. The second-order valence-electron chi connectivity index (χ2n) is 4.00. The van der Waals surface area contributed by atoms with Gasteiger partial charge in [-0.1, -0.05) is 0 Å². The van der Waals surface area contributed by atoms with Crippen molar-refractivity contribution in [2.24, 2.45) is 5.10 Å². The topological polar surface area (TPSA) is 35.7 Å². The van der Waals surface area contributed by atoms with E-state index < -0.39 is 0 Å². The fraction of sp³-hybridized carbons (Fsp3) is 0. The molecule has 19 heavy (non-hydrogen) atoms. The summed E-state index contributed by atoms with van der Waals surface area (Å²) in [4.78, 5) is 0. The lowest BCUT2D eigenvalue weighted by Gasteiger charge is -2.06. The van der Waals surface area contributed by atoms with Gasteiger partial charge in [0.2, 0.25) is 0 Å². The summed E-state index contributed by atoms with van der Waals surface area (Å²) in [5.41, 5.74) is 5.78. The number of benzene rings is 2. The molecule has 0 saturated carbocycles. The molecule has 0 bridgehead atoms. The van der Waals surface area contributed by atoms with Crippen LogP contribution in [0.25, 0.3) is 5.70 Å². The summed E-state index contributed by atoms with van der Waals surface area (Å²) in [7, 11) is 0. The van der Waals surface area contributed by atoms with E-state index in [2.05, 4.69) is 10.5 Å². The van der Waals surface area contributed by atoms with Crippen LogP contribution in [0.2, 0.25) is 0 Å². The quantitative estimate of drug-likeness (QED) is 0.823. The van der Waals surface area contributed by atoms with Gasteiger partial charge in [0.15, 0.2) is 0 Å². The Bertz CT molecular complexity index is 630. The first-order chi connectivity index (χ1) is 9.31. The van der Waals surface area contributed by atoms with E-state index in [4.69, 9.17) is 4.74 Å². The minimum atomic E-state index is -0.280. The molecule has 0 spiro atoms. The third-order valence-corrected chi connectivity index (χ3v) is 2.66. The predicted molar refractivity (Wildman–Crippen MR) is 71.5 cm³/mol. The fourth-order valence-corrected chi connectivity index (χ4v) is 1.72. The average molecular weight is 253 g/mol. The smallest absolute Gasteiger partial charge is 0.127 e. The molecule has 2 aromatic carbocycles. The number of hydrogen-bond acceptors (Lipinski definition) is 2. The Morgan fingerprint density at radius 2 is 1.47 bits per heavy atom. The van der Waals surface area contributed by atoms with Crippen molar-refractivity contribution in [2.75, 3.05) is 0 Å². The Balaban J connectivity index is 1.74. The van der Waals surface area contributed by atoms with Crippen molar-refractivity contribution >= 4 is 11.9 Å². The molecule has 3 rings (SSSR count). The maximum absolute atomic E-state index is 12.8. The Hall–Kier alpha value is -2.62. The molecule has 3 nitrogen and oxygen atoms in total. The molecule has 93 valence electrons. The molecule has 0 N–H and O–H groups in total. The summed E-state index contributed by atoms with van der Waals surface area (Å²) in [6.07, 6.45) is 3.49.